The lowest BCUT2D eigenvalue weighted by Crippen LogP contribution is -2.30. The second-order valence-corrected chi connectivity index (χ2v) is 22.0. The van der Waals surface area contributed by atoms with Crippen LogP contribution in [0.2, 0.25) is 0 Å². The Labute approximate surface area is 483 Å². The molecule has 0 heterocycles. The Balaban J connectivity index is 4.22. The maximum Gasteiger partial charge on any atom is 0.306 e. The van der Waals surface area contributed by atoms with E-state index in [1.807, 2.05) is 0 Å². The van der Waals surface area contributed by atoms with Crippen LogP contribution >= 0.6 is 0 Å². The van der Waals surface area contributed by atoms with Crippen LogP contribution in [-0.2, 0) is 28.6 Å². The first-order valence-corrected chi connectivity index (χ1v) is 33.2. The van der Waals surface area contributed by atoms with Crippen LogP contribution in [0, 0.1) is 0 Å². The fourth-order valence-electron chi connectivity index (χ4n) is 9.33. The molecule has 0 saturated heterocycles. The molecule has 0 aromatic heterocycles. The molecule has 1 atom stereocenters. The number of hydrogen-bond acceptors (Lipinski definition) is 6. The van der Waals surface area contributed by atoms with Crippen LogP contribution in [0.5, 0.6) is 0 Å². The number of esters is 3. The monoisotopic (exact) mass is 1080 g/mol. The first-order chi connectivity index (χ1) is 38.5. The highest BCUT2D eigenvalue weighted by Gasteiger charge is 2.19. The van der Waals surface area contributed by atoms with Gasteiger partial charge >= 0.3 is 17.9 Å². The van der Waals surface area contributed by atoms with Gasteiger partial charge in [-0.25, -0.2) is 0 Å². The minimum Gasteiger partial charge on any atom is -0.462 e. The van der Waals surface area contributed by atoms with Gasteiger partial charge in [0, 0.05) is 19.3 Å². The summed E-state index contributed by atoms with van der Waals surface area (Å²) in [5, 5.41) is 0. The SMILES string of the molecule is CC/C=C\C/C=C\C/C=C\C/C=C\C/C=C\CCCC(=O)OC(COC(=O)CCCCCCC/C=C\CCCCC)COC(=O)CCCCCCCCCCCCCCCCCCCCC/C=C\C/C=C\CCCCCCC. The molecule has 78 heavy (non-hydrogen) atoms. The van der Waals surface area contributed by atoms with Gasteiger partial charge in [-0.05, 0) is 116 Å². The highest BCUT2D eigenvalue weighted by molar-refractivity contribution is 5.71. The topological polar surface area (TPSA) is 78.9 Å². The molecular weight excluding hydrogens is 961 g/mol. The molecule has 0 aromatic carbocycles. The predicted octanol–water partition coefficient (Wildman–Crippen LogP) is 22.8. The van der Waals surface area contributed by atoms with Gasteiger partial charge in [-0.3, -0.25) is 14.4 Å². The summed E-state index contributed by atoms with van der Waals surface area (Å²) in [6.07, 6.45) is 88.8. The van der Waals surface area contributed by atoms with E-state index in [-0.39, 0.29) is 37.5 Å². The molecule has 0 rings (SSSR count). The quantitative estimate of drug-likeness (QED) is 0.0261. The maximum absolute atomic E-state index is 12.9. The number of ether oxygens (including phenoxy) is 3. The van der Waals surface area contributed by atoms with Gasteiger partial charge in [0.1, 0.15) is 13.2 Å². The lowest BCUT2D eigenvalue weighted by molar-refractivity contribution is -0.167. The summed E-state index contributed by atoms with van der Waals surface area (Å²) >= 11 is 0. The fourth-order valence-corrected chi connectivity index (χ4v) is 9.33. The zero-order chi connectivity index (χ0) is 56.4. The van der Waals surface area contributed by atoms with Gasteiger partial charge in [0.25, 0.3) is 0 Å². The highest BCUT2D eigenvalue weighted by atomic mass is 16.6. The van der Waals surface area contributed by atoms with Crippen molar-refractivity contribution in [2.75, 3.05) is 13.2 Å². The molecule has 0 aliphatic heterocycles. The molecule has 0 spiro atoms. The third-order valence-corrected chi connectivity index (χ3v) is 14.3. The van der Waals surface area contributed by atoms with Crippen LogP contribution in [-0.4, -0.2) is 37.2 Å². The van der Waals surface area contributed by atoms with Gasteiger partial charge in [0.05, 0.1) is 0 Å². The molecule has 0 bridgehead atoms. The van der Waals surface area contributed by atoms with Crippen LogP contribution < -0.4 is 0 Å². The first kappa shape index (κ1) is 74.3. The zero-order valence-corrected chi connectivity index (χ0v) is 51.4. The van der Waals surface area contributed by atoms with E-state index in [1.54, 1.807) is 0 Å². The van der Waals surface area contributed by atoms with Gasteiger partial charge in [-0.15, -0.1) is 0 Å². The lowest BCUT2D eigenvalue weighted by atomic mass is 10.0. The van der Waals surface area contributed by atoms with Crippen molar-refractivity contribution in [3.05, 3.63) is 97.2 Å². The van der Waals surface area contributed by atoms with E-state index >= 15 is 0 Å². The van der Waals surface area contributed by atoms with Crippen molar-refractivity contribution in [1.82, 2.24) is 0 Å². The minimum absolute atomic E-state index is 0.101. The lowest BCUT2D eigenvalue weighted by Gasteiger charge is -2.18. The van der Waals surface area contributed by atoms with Crippen LogP contribution in [0.1, 0.15) is 323 Å². The first-order valence-electron chi connectivity index (χ1n) is 33.2. The van der Waals surface area contributed by atoms with Gasteiger partial charge in [0.15, 0.2) is 6.10 Å². The van der Waals surface area contributed by atoms with E-state index in [4.69, 9.17) is 14.2 Å². The van der Waals surface area contributed by atoms with Gasteiger partial charge < -0.3 is 14.2 Å². The Morgan fingerprint density at radius 1 is 0.269 bits per heavy atom. The molecule has 6 nitrogen and oxygen atoms in total. The van der Waals surface area contributed by atoms with E-state index in [0.29, 0.717) is 19.3 Å². The molecular formula is C72H124O6. The van der Waals surface area contributed by atoms with E-state index in [9.17, 15) is 14.4 Å². The van der Waals surface area contributed by atoms with Crippen LogP contribution in [0.15, 0.2) is 97.2 Å². The summed E-state index contributed by atoms with van der Waals surface area (Å²) in [6.45, 7) is 6.46. The average Bonchev–Trinajstić information content (AvgIpc) is 3.44. The Bertz CT molecular complexity index is 1530. The van der Waals surface area contributed by atoms with E-state index in [0.717, 1.165) is 96.3 Å². The third-order valence-electron chi connectivity index (χ3n) is 14.3. The zero-order valence-electron chi connectivity index (χ0n) is 51.4. The second kappa shape index (κ2) is 65.8. The minimum atomic E-state index is -0.810. The van der Waals surface area contributed by atoms with E-state index < -0.39 is 6.10 Å². The Kier molecular flexibility index (Phi) is 62.7. The summed E-state index contributed by atoms with van der Waals surface area (Å²) in [4.78, 5) is 38.2. The maximum atomic E-state index is 12.9. The molecule has 1 unspecified atom stereocenters. The largest absolute Gasteiger partial charge is 0.462 e. The smallest absolute Gasteiger partial charge is 0.306 e. The Morgan fingerprint density at radius 3 is 0.859 bits per heavy atom. The van der Waals surface area contributed by atoms with Gasteiger partial charge in [0.2, 0.25) is 0 Å². The van der Waals surface area contributed by atoms with Gasteiger partial charge in [-0.2, -0.15) is 0 Å². The fraction of sp³-hybridized carbons (Fsp3) is 0.736. The summed E-state index contributed by atoms with van der Waals surface area (Å²) in [5.74, 6) is -0.960. The molecule has 0 aliphatic rings. The molecule has 6 heteroatoms. The van der Waals surface area contributed by atoms with Gasteiger partial charge in [-0.1, -0.05) is 285 Å². The third kappa shape index (κ3) is 63.2. The van der Waals surface area contributed by atoms with Crippen LogP contribution in [0.3, 0.4) is 0 Å². The van der Waals surface area contributed by atoms with Crippen molar-refractivity contribution in [2.45, 2.75) is 329 Å². The van der Waals surface area contributed by atoms with Crippen LogP contribution in [0.25, 0.3) is 0 Å². The number of carbonyl (C=O) groups excluding carboxylic acids is 3. The van der Waals surface area contributed by atoms with Crippen molar-refractivity contribution >= 4 is 17.9 Å². The predicted molar refractivity (Wildman–Crippen MR) is 339 cm³/mol. The average molecular weight is 1090 g/mol. The van der Waals surface area contributed by atoms with Crippen molar-refractivity contribution in [2.24, 2.45) is 0 Å². The number of hydrogen-bond donors (Lipinski definition) is 0. The molecule has 0 fully saturated rings. The second-order valence-electron chi connectivity index (χ2n) is 22.0. The van der Waals surface area contributed by atoms with Crippen molar-refractivity contribution in [3.63, 3.8) is 0 Å². The number of rotatable bonds is 60. The molecule has 0 aromatic rings. The Hall–Kier alpha value is -3.67. The van der Waals surface area contributed by atoms with Crippen molar-refractivity contribution < 1.29 is 28.6 Å². The molecule has 0 amide bonds. The summed E-state index contributed by atoms with van der Waals surface area (Å²) in [7, 11) is 0. The molecule has 448 valence electrons. The summed E-state index contributed by atoms with van der Waals surface area (Å²) in [6, 6.07) is 0. The highest BCUT2D eigenvalue weighted by Crippen LogP contribution is 2.17. The number of carbonyl (C=O) groups is 3. The standard InChI is InChI=1S/C72H124O6/c1-4-7-10-13-16-19-22-25-27-29-30-31-32-33-34-35-36-37-38-39-40-41-42-44-45-47-50-53-56-59-62-65-71(74)77-68-69(67-76-70(73)64-61-58-55-52-49-24-21-18-15-12-9-6-3)78-72(75)66-63-60-57-54-51-48-46-43-28-26-23-20-17-14-11-8-5-2/h8,11,17-18,20-22,25-26,28-30,46,48,54,57,69H,4-7,9-10,12-16,19,23-24,27,31-45,47,49-53,55-56,58-68H2,1-3H3/b11-8-,20-17-,21-18-,25-22-,28-26-,30-29-,48-46-,57-54-. The number of allylic oxidation sites excluding steroid dienone is 16. The summed E-state index contributed by atoms with van der Waals surface area (Å²) < 4.78 is 16.8. The molecule has 0 radical (unpaired) electrons. The summed E-state index contributed by atoms with van der Waals surface area (Å²) in [5.41, 5.74) is 0. The molecule has 0 N–H and O–H groups in total. The number of unbranched alkanes of at least 4 members (excludes halogenated alkanes) is 33. The van der Waals surface area contributed by atoms with Crippen molar-refractivity contribution in [3.8, 4) is 0 Å². The van der Waals surface area contributed by atoms with E-state index in [2.05, 4.69) is 118 Å². The van der Waals surface area contributed by atoms with E-state index in [1.165, 1.54) is 180 Å². The van der Waals surface area contributed by atoms with Crippen LogP contribution in [0.4, 0.5) is 0 Å². The molecule has 0 aliphatic carbocycles. The molecule has 0 saturated carbocycles. The van der Waals surface area contributed by atoms with Crippen molar-refractivity contribution in [1.29, 1.82) is 0 Å². The normalized spacial score (nSPS) is 12.7. The Morgan fingerprint density at radius 2 is 0.513 bits per heavy atom.